The van der Waals surface area contributed by atoms with E-state index >= 15 is 0 Å². The lowest BCUT2D eigenvalue weighted by Crippen LogP contribution is -2.54. The van der Waals surface area contributed by atoms with Gasteiger partial charge in [-0.3, -0.25) is 9.59 Å². The molecule has 0 bridgehead atoms. The highest BCUT2D eigenvalue weighted by Gasteiger charge is 2.28. The van der Waals surface area contributed by atoms with E-state index in [0.717, 1.165) is 6.42 Å². The minimum atomic E-state index is -0.926. The van der Waals surface area contributed by atoms with Gasteiger partial charge >= 0.3 is 5.97 Å². The fourth-order valence-corrected chi connectivity index (χ4v) is 1.30. The molecule has 0 aliphatic rings. The standard InChI is InChI=1S/C11H22N2O3/c1-4-6-8(7-9(14)15)13-10(16)11(3,12)5-2/h8H,4-7,12H2,1-3H3,(H,13,16)(H,14,15). The van der Waals surface area contributed by atoms with Gasteiger partial charge < -0.3 is 16.2 Å². The summed E-state index contributed by atoms with van der Waals surface area (Å²) in [6, 6.07) is -0.329. The van der Waals surface area contributed by atoms with Crippen molar-refractivity contribution in [3.05, 3.63) is 0 Å². The number of amides is 1. The van der Waals surface area contributed by atoms with E-state index in [4.69, 9.17) is 10.8 Å². The second kappa shape index (κ2) is 6.48. The highest BCUT2D eigenvalue weighted by atomic mass is 16.4. The molecule has 0 radical (unpaired) electrons. The van der Waals surface area contributed by atoms with Crippen LogP contribution in [-0.4, -0.2) is 28.6 Å². The maximum atomic E-state index is 11.7. The van der Waals surface area contributed by atoms with Gasteiger partial charge in [-0.15, -0.1) is 0 Å². The molecule has 4 N–H and O–H groups in total. The average molecular weight is 230 g/mol. The van der Waals surface area contributed by atoms with Crippen LogP contribution in [0, 0.1) is 0 Å². The molecule has 5 heteroatoms. The zero-order valence-corrected chi connectivity index (χ0v) is 10.2. The van der Waals surface area contributed by atoms with Crippen molar-refractivity contribution < 1.29 is 14.7 Å². The summed E-state index contributed by atoms with van der Waals surface area (Å²) in [5.74, 6) is -1.19. The lowest BCUT2D eigenvalue weighted by Gasteiger charge is -2.25. The van der Waals surface area contributed by atoms with E-state index in [9.17, 15) is 9.59 Å². The van der Waals surface area contributed by atoms with E-state index in [0.29, 0.717) is 12.8 Å². The van der Waals surface area contributed by atoms with E-state index in [2.05, 4.69) is 5.32 Å². The molecule has 0 aromatic heterocycles. The minimum absolute atomic E-state index is 0.0562. The second-order valence-electron chi connectivity index (χ2n) is 4.33. The van der Waals surface area contributed by atoms with Crippen LogP contribution in [0.3, 0.4) is 0 Å². The summed E-state index contributed by atoms with van der Waals surface area (Å²) in [6.45, 7) is 5.42. The molecule has 0 spiro atoms. The first kappa shape index (κ1) is 14.9. The predicted octanol–water partition coefficient (Wildman–Crippen LogP) is 0.873. The monoisotopic (exact) mass is 230 g/mol. The van der Waals surface area contributed by atoms with Crippen molar-refractivity contribution in [2.75, 3.05) is 0 Å². The molecule has 0 aromatic carbocycles. The predicted molar refractivity (Wildman–Crippen MR) is 62.0 cm³/mol. The van der Waals surface area contributed by atoms with E-state index in [1.807, 2.05) is 13.8 Å². The van der Waals surface area contributed by atoms with Gasteiger partial charge in [0.2, 0.25) is 5.91 Å². The highest BCUT2D eigenvalue weighted by molar-refractivity contribution is 5.86. The van der Waals surface area contributed by atoms with E-state index in [1.165, 1.54) is 0 Å². The summed E-state index contributed by atoms with van der Waals surface area (Å²) in [7, 11) is 0. The lowest BCUT2D eigenvalue weighted by molar-refractivity contribution is -0.138. The summed E-state index contributed by atoms with van der Waals surface area (Å²) >= 11 is 0. The van der Waals surface area contributed by atoms with Crippen LogP contribution in [0.1, 0.15) is 46.5 Å². The van der Waals surface area contributed by atoms with Gasteiger partial charge in [0.15, 0.2) is 0 Å². The van der Waals surface area contributed by atoms with Gasteiger partial charge in [-0.25, -0.2) is 0 Å². The third-order valence-corrected chi connectivity index (χ3v) is 2.65. The van der Waals surface area contributed by atoms with Crippen molar-refractivity contribution >= 4 is 11.9 Å². The third kappa shape index (κ3) is 5.11. The normalized spacial score (nSPS) is 16.2. The first-order valence-corrected chi connectivity index (χ1v) is 5.65. The fraction of sp³-hybridized carbons (Fsp3) is 0.818. The van der Waals surface area contributed by atoms with Crippen molar-refractivity contribution in [2.24, 2.45) is 5.73 Å². The van der Waals surface area contributed by atoms with Gasteiger partial charge in [-0.05, 0) is 19.8 Å². The Labute approximate surface area is 96.4 Å². The third-order valence-electron chi connectivity index (χ3n) is 2.65. The molecule has 0 aliphatic heterocycles. The number of carbonyl (C=O) groups is 2. The van der Waals surface area contributed by atoms with Crippen molar-refractivity contribution in [1.29, 1.82) is 0 Å². The summed E-state index contributed by atoms with van der Waals surface area (Å²) in [5.41, 5.74) is 4.85. The van der Waals surface area contributed by atoms with Crippen LogP contribution in [0.15, 0.2) is 0 Å². The number of hydrogen-bond acceptors (Lipinski definition) is 3. The van der Waals surface area contributed by atoms with Gasteiger partial charge in [0.1, 0.15) is 0 Å². The Morgan fingerprint density at radius 3 is 2.38 bits per heavy atom. The zero-order chi connectivity index (χ0) is 12.8. The van der Waals surface area contributed by atoms with Gasteiger partial charge in [0.25, 0.3) is 0 Å². The molecule has 2 atom stereocenters. The van der Waals surface area contributed by atoms with Crippen LogP contribution in [0.2, 0.25) is 0 Å². The van der Waals surface area contributed by atoms with E-state index in [1.54, 1.807) is 6.92 Å². The van der Waals surface area contributed by atoms with E-state index < -0.39 is 11.5 Å². The molecule has 0 aliphatic carbocycles. The minimum Gasteiger partial charge on any atom is -0.481 e. The Morgan fingerprint density at radius 1 is 1.44 bits per heavy atom. The summed E-state index contributed by atoms with van der Waals surface area (Å²) in [6.07, 6.45) is 1.94. The number of nitrogens with one attached hydrogen (secondary N) is 1. The maximum absolute atomic E-state index is 11.7. The first-order valence-electron chi connectivity index (χ1n) is 5.65. The zero-order valence-electron chi connectivity index (χ0n) is 10.2. The molecule has 0 saturated carbocycles. The Morgan fingerprint density at radius 2 is 2.00 bits per heavy atom. The molecule has 0 saturated heterocycles. The van der Waals surface area contributed by atoms with Crippen molar-refractivity contribution in [2.45, 2.75) is 58.0 Å². The summed E-state index contributed by atoms with van der Waals surface area (Å²) in [4.78, 5) is 22.3. The molecule has 2 unspecified atom stereocenters. The van der Waals surface area contributed by atoms with Crippen LogP contribution in [0.4, 0.5) is 0 Å². The average Bonchev–Trinajstić information content (AvgIpc) is 2.17. The van der Waals surface area contributed by atoms with Crippen molar-refractivity contribution in [1.82, 2.24) is 5.32 Å². The Hall–Kier alpha value is -1.10. The summed E-state index contributed by atoms with van der Waals surface area (Å²) in [5, 5.41) is 11.4. The highest BCUT2D eigenvalue weighted by Crippen LogP contribution is 2.08. The van der Waals surface area contributed by atoms with Crippen LogP contribution in [0.25, 0.3) is 0 Å². The molecule has 1 amide bonds. The van der Waals surface area contributed by atoms with Crippen LogP contribution < -0.4 is 11.1 Å². The topological polar surface area (TPSA) is 92.4 Å². The SMILES string of the molecule is CCCC(CC(=O)O)NC(=O)C(C)(N)CC. The van der Waals surface area contributed by atoms with Gasteiger partial charge in [0, 0.05) is 6.04 Å². The quantitative estimate of drug-likeness (QED) is 0.605. The molecule has 0 aromatic rings. The van der Waals surface area contributed by atoms with Crippen LogP contribution in [0.5, 0.6) is 0 Å². The number of aliphatic carboxylic acids is 1. The van der Waals surface area contributed by atoms with E-state index in [-0.39, 0.29) is 18.4 Å². The molecule has 94 valence electrons. The smallest absolute Gasteiger partial charge is 0.305 e. The number of carboxylic acids is 1. The fourth-order valence-electron chi connectivity index (χ4n) is 1.30. The number of hydrogen-bond donors (Lipinski definition) is 3. The number of rotatable bonds is 7. The number of carboxylic acid groups (broad SMARTS) is 1. The first-order chi connectivity index (χ1) is 7.33. The lowest BCUT2D eigenvalue weighted by atomic mass is 9.98. The van der Waals surface area contributed by atoms with Crippen molar-refractivity contribution in [3.8, 4) is 0 Å². The largest absolute Gasteiger partial charge is 0.481 e. The van der Waals surface area contributed by atoms with Crippen molar-refractivity contribution in [3.63, 3.8) is 0 Å². The molecular formula is C11H22N2O3. The summed E-state index contributed by atoms with van der Waals surface area (Å²) < 4.78 is 0. The van der Waals surface area contributed by atoms with Crippen LogP contribution in [-0.2, 0) is 9.59 Å². The molecular weight excluding hydrogens is 208 g/mol. The molecule has 5 nitrogen and oxygen atoms in total. The maximum Gasteiger partial charge on any atom is 0.305 e. The Balaban J connectivity index is 4.39. The van der Waals surface area contributed by atoms with Gasteiger partial charge in [0.05, 0.1) is 12.0 Å². The number of nitrogens with two attached hydrogens (primary N) is 1. The molecule has 0 heterocycles. The molecule has 0 fully saturated rings. The Bertz CT molecular complexity index is 252. The second-order valence-corrected chi connectivity index (χ2v) is 4.33. The van der Waals surface area contributed by atoms with Crippen LogP contribution >= 0.6 is 0 Å². The Kier molecular flexibility index (Phi) is 6.03. The van der Waals surface area contributed by atoms with Gasteiger partial charge in [-0.1, -0.05) is 20.3 Å². The number of carbonyl (C=O) groups excluding carboxylic acids is 1. The molecule has 0 rings (SSSR count). The molecule has 16 heavy (non-hydrogen) atoms. The van der Waals surface area contributed by atoms with Gasteiger partial charge in [-0.2, -0.15) is 0 Å².